The van der Waals surface area contributed by atoms with Gasteiger partial charge in [-0.25, -0.2) is 13.2 Å². The first-order valence-electron chi connectivity index (χ1n) is 7.38. The minimum atomic E-state index is -1.36. The van der Waals surface area contributed by atoms with Gasteiger partial charge in [0, 0.05) is 12.1 Å². The fourth-order valence-electron chi connectivity index (χ4n) is 2.48. The van der Waals surface area contributed by atoms with Crippen molar-refractivity contribution in [1.29, 1.82) is 0 Å². The van der Waals surface area contributed by atoms with Crippen molar-refractivity contribution in [2.75, 3.05) is 16.8 Å². The molecule has 0 saturated carbocycles. The molecule has 0 saturated heterocycles. The number of halogens is 3. The number of carbonyl (C=O) groups is 2. The maximum absolute atomic E-state index is 13.7. The van der Waals surface area contributed by atoms with Crippen molar-refractivity contribution in [3.8, 4) is 5.75 Å². The zero-order valence-corrected chi connectivity index (χ0v) is 13.1. The van der Waals surface area contributed by atoms with Crippen LogP contribution >= 0.6 is 0 Å². The van der Waals surface area contributed by atoms with Crippen LogP contribution in [0.25, 0.3) is 0 Å². The number of nitrogens with one attached hydrogen (secondary N) is 1. The number of amides is 2. The fourth-order valence-corrected chi connectivity index (χ4v) is 2.48. The summed E-state index contributed by atoms with van der Waals surface area (Å²) < 4.78 is 45.0. The molecule has 2 aromatic rings. The van der Waals surface area contributed by atoms with Gasteiger partial charge in [-0.05, 0) is 19.1 Å². The molecule has 1 N–H and O–H groups in total. The first-order chi connectivity index (χ1) is 11.9. The average Bonchev–Trinajstić information content (AvgIpc) is 2.58. The number of fused-ring (bicyclic) bond motifs is 1. The first-order valence-corrected chi connectivity index (χ1v) is 7.38. The number of rotatable bonds is 3. The van der Waals surface area contributed by atoms with E-state index in [1.807, 2.05) is 0 Å². The van der Waals surface area contributed by atoms with Crippen molar-refractivity contribution in [1.82, 2.24) is 0 Å². The van der Waals surface area contributed by atoms with E-state index in [9.17, 15) is 22.8 Å². The minimum Gasteiger partial charge on any atom is -0.478 e. The Morgan fingerprint density at radius 2 is 1.84 bits per heavy atom. The fraction of sp³-hybridized carbons (Fsp3) is 0.176. The standard InChI is InChI=1S/C17H13F3N2O3/c1-9(25-15-7-11(19)10(18)6-12(15)20)17(24)22-8-16(23)21-13-4-2-3-5-14(13)22/h2-7,9H,8H2,1H3,(H,21,23)/t9-/m1/s1. The Labute approximate surface area is 141 Å². The highest BCUT2D eigenvalue weighted by atomic mass is 19.2. The molecule has 130 valence electrons. The molecule has 8 heteroatoms. The molecule has 0 aromatic heterocycles. The minimum absolute atomic E-state index is 0.232. The molecular formula is C17H13F3N2O3. The molecule has 2 amide bonds. The van der Waals surface area contributed by atoms with Crippen LogP contribution in [0.15, 0.2) is 36.4 Å². The lowest BCUT2D eigenvalue weighted by Gasteiger charge is -2.31. The van der Waals surface area contributed by atoms with Gasteiger partial charge in [0.25, 0.3) is 5.91 Å². The Balaban J connectivity index is 1.84. The van der Waals surface area contributed by atoms with Crippen molar-refractivity contribution in [3.63, 3.8) is 0 Å². The normalized spacial score (nSPS) is 14.6. The number of hydrogen-bond donors (Lipinski definition) is 1. The molecular weight excluding hydrogens is 337 g/mol. The molecule has 0 fully saturated rings. The second-order valence-electron chi connectivity index (χ2n) is 5.45. The SMILES string of the molecule is C[C@@H](Oc1cc(F)c(F)cc1F)C(=O)N1CC(=O)Nc2ccccc21. The van der Waals surface area contributed by atoms with Gasteiger partial charge in [-0.2, -0.15) is 0 Å². The predicted octanol–water partition coefficient (Wildman–Crippen LogP) is 2.86. The zero-order valence-electron chi connectivity index (χ0n) is 13.1. The van der Waals surface area contributed by atoms with Crippen molar-refractivity contribution in [2.24, 2.45) is 0 Å². The Hall–Kier alpha value is -3.03. The van der Waals surface area contributed by atoms with Crippen molar-refractivity contribution < 1.29 is 27.5 Å². The van der Waals surface area contributed by atoms with Crippen LogP contribution in [0.3, 0.4) is 0 Å². The van der Waals surface area contributed by atoms with Gasteiger partial charge in [0.1, 0.15) is 6.54 Å². The Morgan fingerprint density at radius 1 is 1.16 bits per heavy atom. The summed E-state index contributed by atoms with van der Waals surface area (Å²) in [7, 11) is 0. The highest BCUT2D eigenvalue weighted by molar-refractivity contribution is 6.10. The van der Waals surface area contributed by atoms with Gasteiger partial charge in [-0.1, -0.05) is 12.1 Å². The van der Waals surface area contributed by atoms with Crippen molar-refractivity contribution in [3.05, 3.63) is 53.8 Å². The largest absolute Gasteiger partial charge is 0.478 e. The summed E-state index contributed by atoms with van der Waals surface area (Å²) >= 11 is 0. The van der Waals surface area contributed by atoms with Gasteiger partial charge < -0.3 is 10.1 Å². The molecule has 1 atom stereocenters. The molecule has 1 aliphatic rings. The van der Waals surface area contributed by atoms with Crippen LogP contribution < -0.4 is 15.0 Å². The lowest BCUT2D eigenvalue weighted by molar-refractivity contribution is -0.126. The number of hydrogen-bond acceptors (Lipinski definition) is 3. The molecule has 0 unspecified atom stereocenters. The summed E-state index contributed by atoms with van der Waals surface area (Å²) in [6, 6.07) is 7.53. The molecule has 1 heterocycles. The Bertz CT molecular complexity index is 857. The van der Waals surface area contributed by atoms with E-state index in [2.05, 4.69) is 5.32 Å². The Kier molecular flexibility index (Phi) is 4.35. The quantitative estimate of drug-likeness (QED) is 0.866. The van der Waals surface area contributed by atoms with E-state index >= 15 is 0 Å². The maximum atomic E-state index is 13.7. The molecule has 2 aromatic carbocycles. The van der Waals surface area contributed by atoms with Crippen LogP contribution in [0.2, 0.25) is 0 Å². The first kappa shape index (κ1) is 16.8. The number of anilines is 2. The van der Waals surface area contributed by atoms with E-state index in [4.69, 9.17) is 4.74 Å². The van der Waals surface area contributed by atoms with E-state index in [-0.39, 0.29) is 6.54 Å². The summed E-state index contributed by atoms with van der Waals surface area (Å²) in [5.41, 5.74) is 0.923. The highest BCUT2D eigenvalue weighted by Gasteiger charge is 2.31. The summed E-state index contributed by atoms with van der Waals surface area (Å²) in [4.78, 5) is 25.6. The third-order valence-electron chi connectivity index (χ3n) is 3.66. The smallest absolute Gasteiger partial charge is 0.268 e. The van der Waals surface area contributed by atoms with Gasteiger partial charge in [0.15, 0.2) is 29.3 Å². The molecule has 25 heavy (non-hydrogen) atoms. The zero-order chi connectivity index (χ0) is 18.1. The predicted molar refractivity (Wildman–Crippen MR) is 83.8 cm³/mol. The highest BCUT2D eigenvalue weighted by Crippen LogP contribution is 2.30. The molecule has 0 aliphatic carbocycles. The molecule has 1 aliphatic heterocycles. The van der Waals surface area contributed by atoms with Crippen LogP contribution in [0, 0.1) is 17.5 Å². The topological polar surface area (TPSA) is 58.6 Å². The average molecular weight is 350 g/mol. The van der Waals surface area contributed by atoms with Gasteiger partial charge in [-0.3, -0.25) is 14.5 Å². The van der Waals surface area contributed by atoms with E-state index in [0.29, 0.717) is 23.5 Å². The lowest BCUT2D eigenvalue weighted by Crippen LogP contribution is -2.47. The van der Waals surface area contributed by atoms with E-state index in [1.54, 1.807) is 24.3 Å². The number of para-hydroxylation sites is 2. The van der Waals surface area contributed by atoms with Gasteiger partial charge in [0.05, 0.1) is 11.4 Å². The monoisotopic (exact) mass is 350 g/mol. The number of carbonyl (C=O) groups excluding carboxylic acids is 2. The molecule has 5 nitrogen and oxygen atoms in total. The van der Waals surface area contributed by atoms with Gasteiger partial charge in [-0.15, -0.1) is 0 Å². The van der Waals surface area contributed by atoms with Crippen LogP contribution in [0.4, 0.5) is 24.5 Å². The number of ether oxygens (including phenoxy) is 1. The summed E-state index contributed by atoms with van der Waals surface area (Å²) in [5, 5.41) is 2.63. The van der Waals surface area contributed by atoms with E-state index in [0.717, 1.165) is 0 Å². The van der Waals surface area contributed by atoms with E-state index in [1.165, 1.54) is 11.8 Å². The second-order valence-corrected chi connectivity index (χ2v) is 5.45. The second kappa shape index (κ2) is 6.46. The van der Waals surface area contributed by atoms with Crippen LogP contribution in [0.5, 0.6) is 5.75 Å². The van der Waals surface area contributed by atoms with Crippen LogP contribution in [0.1, 0.15) is 6.92 Å². The lowest BCUT2D eigenvalue weighted by atomic mass is 10.1. The third-order valence-corrected chi connectivity index (χ3v) is 3.66. The molecule has 0 radical (unpaired) electrons. The number of nitrogens with zero attached hydrogens (tertiary/aromatic N) is 1. The van der Waals surface area contributed by atoms with Crippen molar-refractivity contribution >= 4 is 23.2 Å². The van der Waals surface area contributed by atoms with Crippen LogP contribution in [-0.4, -0.2) is 24.5 Å². The Morgan fingerprint density at radius 3 is 2.60 bits per heavy atom. The molecule has 3 rings (SSSR count). The third kappa shape index (κ3) is 3.28. The maximum Gasteiger partial charge on any atom is 0.268 e. The van der Waals surface area contributed by atoms with Gasteiger partial charge in [0.2, 0.25) is 5.91 Å². The van der Waals surface area contributed by atoms with E-state index < -0.39 is 41.1 Å². The summed E-state index contributed by atoms with van der Waals surface area (Å²) in [5.74, 6) is -5.38. The molecule has 0 bridgehead atoms. The van der Waals surface area contributed by atoms with Gasteiger partial charge >= 0.3 is 0 Å². The number of benzene rings is 2. The van der Waals surface area contributed by atoms with Crippen LogP contribution in [-0.2, 0) is 9.59 Å². The molecule has 0 spiro atoms. The van der Waals surface area contributed by atoms with Crippen molar-refractivity contribution in [2.45, 2.75) is 13.0 Å². The summed E-state index contributed by atoms with van der Waals surface area (Å²) in [6.45, 7) is 1.10. The summed E-state index contributed by atoms with van der Waals surface area (Å²) in [6.07, 6.45) is -1.22.